The van der Waals surface area contributed by atoms with Gasteiger partial charge in [0.2, 0.25) is 0 Å². The fourth-order valence-corrected chi connectivity index (χ4v) is 2.08. The van der Waals surface area contributed by atoms with E-state index in [2.05, 4.69) is 21.0 Å². The van der Waals surface area contributed by atoms with Gasteiger partial charge < -0.3 is 5.11 Å². The van der Waals surface area contributed by atoms with Gasteiger partial charge in [-0.1, -0.05) is 0 Å². The first-order chi connectivity index (χ1) is 7.18. The maximum atomic E-state index is 10.5. The third-order valence-electron chi connectivity index (χ3n) is 2.18. The van der Waals surface area contributed by atoms with Crippen molar-refractivity contribution in [3.8, 4) is 0 Å². The number of aryl methyl sites for hydroxylation is 1. The Morgan fingerprint density at radius 1 is 1.60 bits per heavy atom. The zero-order valence-corrected chi connectivity index (χ0v) is 9.44. The molecule has 0 fully saturated rings. The van der Waals surface area contributed by atoms with Crippen LogP contribution in [0.2, 0.25) is 0 Å². The van der Waals surface area contributed by atoms with E-state index in [0.717, 1.165) is 15.6 Å². The first kappa shape index (κ1) is 10.2. The Hall–Kier alpha value is -1.36. The van der Waals surface area contributed by atoms with Crippen LogP contribution in [0, 0.1) is 0 Å². The number of carbonyl (C=O) groups is 1. The average molecular weight is 269 g/mol. The van der Waals surface area contributed by atoms with Crippen LogP contribution < -0.4 is 0 Å². The number of aromatic nitrogens is 2. The first-order valence-corrected chi connectivity index (χ1v) is 5.30. The van der Waals surface area contributed by atoms with Crippen molar-refractivity contribution in [3.05, 3.63) is 34.6 Å². The maximum Gasteiger partial charge on any atom is 0.303 e. The van der Waals surface area contributed by atoms with Crippen molar-refractivity contribution in [1.29, 1.82) is 0 Å². The number of hydrogen-bond acceptors (Lipinski definition) is 2. The molecule has 0 amide bonds. The summed E-state index contributed by atoms with van der Waals surface area (Å²) in [6, 6.07) is 3.80. The summed E-state index contributed by atoms with van der Waals surface area (Å²) in [5.41, 5.74) is 1.89. The lowest BCUT2D eigenvalue weighted by molar-refractivity contribution is -0.136. The number of halogens is 1. The Balaban J connectivity index is 2.39. The number of fused-ring (bicyclic) bond motifs is 1. The molecule has 0 unspecified atom stereocenters. The molecule has 0 radical (unpaired) electrons. The minimum Gasteiger partial charge on any atom is -0.481 e. The van der Waals surface area contributed by atoms with E-state index in [1.54, 1.807) is 10.7 Å². The van der Waals surface area contributed by atoms with E-state index in [0.29, 0.717) is 6.42 Å². The SMILES string of the molecule is O=C(O)CCc1cnn2cccc(Br)c12. The highest BCUT2D eigenvalue weighted by molar-refractivity contribution is 9.10. The lowest BCUT2D eigenvalue weighted by Crippen LogP contribution is -1.97. The van der Waals surface area contributed by atoms with Crippen LogP contribution in [-0.4, -0.2) is 20.7 Å². The highest BCUT2D eigenvalue weighted by atomic mass is 79.9. The van der Waals surface area contributed by atoms with Gasteiger partial charge in [-0.15, -0.1) is 0 Å². The summed E-state index contributed by atoms with van der Waals surface area (Å²) in [6.45, 7) is 0. The highest BCUT2D eigenvalue weighted by Gasteiger charge is 2.08. The van der Waals surface area contributed by atoms with Crippen molar-refractivity contribution >= 4 is 27.4 Å². The van der Waals surface area contributed by atoms with Gasteiger partial charge >= 0.3 is 5.97 Å². The van der Waals surface area contributed by atoms with Crippen LogP contribution in [0.25, 0.3) is 5.52 Å². The quantitative estimate of drug-likeness (QED) is 0.928. The van der Waals surface area contributed by atoms with Crippen LogP contribution in [0.1, 0.15) is 12.0 Å². The van der Waals surface area contributed by atoms with Crippen LogP contribution in [0.4, 0.5) is 0 Å². The Morgan fingerprint density at radius 2 is 2.40 bits per heavy atom. The summed E-state index contributed by atoms with van der Waals surface area (Å²) in [4.78, 5) is 10.5. The summed E-state index contributed by atoms with van der Waals surface area (Å²) >= 11 is 3.43. The van der Waals surface area contributed by atoms with Gasteiger partial charge in [-0.2, -0.15) is 5.10 Å². The van der Waals surface area contributed by atoms with Crippen molar-refractivity contribution in [2.45, 2.75) is 12.8 Å². The van der Waals surface area contributed by atoms with E-state index in [9.17, 15) is 4.79 Å². The summed E-state index contributed by atoms with van der Waals surface area (Å²) in [7, 11) is 0. The van der Waals surface area contributed by atoms with E-state index in [4.69, 9.17) is 5.11 Å². The second kappa shape index (κ2) is 4.02. The van der Waals surface area contributed by atoms with Crippen molar-refractivity contribution < 1.29 is 9.90 Å². The van der Waals surface area contributed by atoms with Crippen molar-refractivity contribution in [2.24, 2.45) is 0 Å². The van der Waals surface area contributed by atoms with Gasteiger partial charge in [0, 0.05) is 17.1 Å². The minimum absolute atomic E-state index is 0.128. The number of rotatable bonds is 3. The number of hydrogen-bond donors (Lipinski definition) is 1. The molecule has 0 aromatic carbocycles. The Bertz CT molecular complexity index is 507. The molecule has 5 heteroatoms. The van der Waals surface area contributed by atoms with Gasteiger partial charge in [0.05, 0.1) is 11.7 Å². The molecule has 0 bridgehead atoms. The van der Waals surface area contributed by atoms with Crippen LogP contribution in [0.5, 0.6) is 0 Å². The Morgan fingerprint density at radius 3 is 3.13 bits per heavy atom. The van der Waals surface area contributed by atoms with Crippen LogP contribution in [-0.2, 0) is 11.2 Å². The van der Waals surface area contributed by atoms with Crippen LogP contribution >= 0.6 is 15.9 Å². The topological polar surface area (TPSA) is 54.6 Å². The molecule has 2 aromatic rings. The largest absolute Gasteiger partial charge is 0.481 e. The standard InChI is InChI=1S/C10H9BrN2O2/c11-8-2-1-5-13-10(8)7(6-12-13)3-4-9(14)15/h1-2,5-6H,3-4H2,(H,14,15). The van der Waals surface area contributed by atoms with E-state index in [1.807, 2.05) is 18.3 Å². The highest BCUT2D eigenvalue weighted by Crippen LogP contribution is 2.22. The molecule has 0 spiro atoms. The zero-order valence-electron chi connectivity index (χ0n) is 7.85. The van der Waals surface area contributed by atoms with Gasteiger partial charge in [-0.3, -0.25) is 4.79 Å². The number of carboxylic acid groups (broad SMARTS) is 1. The van der Waals surface area contributed by atoms with E-state index in [1.165, 1.54) is 0 Å². The zero-order chi connectivity index (χ0) is 10.8. The predicted molar refractivity (Wildman–Crippen MR) is 58.8 cm³/mol. The summed E-state index contributed by atoms with van der Waals surface area (Å²) in [5, 5.41) is 12.8. The second-order valence-electron chi connectivity index (χ2n) is 3.21. The number of pyridine rings is 1. The molecule has 0 aliphatic heterocycles. The molecule has 2 heterocycles. The van der Waals surface area contributed by atoms with Crippen molar-refractivity contribution in [2.75, 3.05) is 0 Å². The van der Waals surface area contributed by atoms with Crippen molar-refractivity contribution in [1.82, 2.24) is 9.61 Å². The molecule has 2 rings (SSSR count). The van der Waals surface area contributed by atoms with Gasteiger partial charge in [0.15, 0.2) is 0 Å². The third kappa shape index (κ3) is 2.02. The summed E-state index contributed by atoms with van der Waals surface area (Å²) in [6.07, 6.45) is 4.18. The monoisotopic (exact) mass is 268 g/mol. The minimum atomic E-state index is -0.790. The molecular weight excluding hydrogens is 260 g/mol. The molecule has 2 aromatic heterocycles. The fourth-order valence-electron chi connectivity index (χ4n) is 1.49. The molecule has 0 saturated carbocycles. The normalized spacial score (nSPS) is 10.7. The number of carboxylic acids is 1. The molecule has 4 nitrogen and oxygen atoms in total. The summed E-state index contributed by atoms with van der Waals surface area (Å²) < 4.78 is 2.67. The maximum absolute atomic E-state index is 10.5. The molecule has 78 valence electrons. The van der Waals surface area contributed by atoms with E-state index < -0.39 is 5.97 Å². The lowest BCUT2D eigenvalue weighted by Gasteiger charge is -1.99. The van der Waals surface area contributed by atoms with E-state index >= 15 is 0 Å². The lowest BCUT2D eigenvalue weighted by atomic mass is 10.1. The molecule has 0 aliphatic carbocycles. The fraction of sp³-hybridized carbons (Fsp3) is 0.200. The van der Waals surface area contributed by atoms with Crippen LogP contribution in [0.15, 0.2) is 29.0 Å². The number of nitrogens with zero attached hydrogens (tertiary/aromatic N) is 2. The third-order valence-corrected chi connectivity index (χ3v) is 2.82. The molecule has 0 aliphatic rings. The molecular formula is C10H9BrN2O2. The Labute approximate surface area is 94.7 Å². The van der Waals surface area contributed by atoms with Crippen LogP contribution in [0.3, 0.4) is 0 Å². The van der Waals surface area contributed by atoms with Gasteiger partial charge in [0.1, 0.15) is 0 Å². The molecule has 15 heavy (non-hydrogen) atoms. The second-order valence-corrected chi connectivity index (χ2v) is 4.07. The summed E-state index contributed by atoms with van der Waals surface area (Å²) in [5.74, 6) is -0.790. The average Bonchev–Trinajstić information content (AvgIpc) is 2.59. The molecule has 0 saturated heterocycles. The predicted octanol–water partition coefficient (Wildman–Crippen LogP) is 2.11. The van der Waals surface area contributed by atoms with Gasteiger partial charge in [-0.25, -0.2) is 4.52 Å². The molecule has 1 N–H and O–H groups in total. The van der Waals surface area contributed by atoms with Gasteiger partial charge in [-0.05, 0) is 40.0 Å². The van der Waals surface area contributed by atoms with E-state index in [-0.39, 0.29) is 6.42 Å². The number of aliphatic carboxylic acids is 1. The van der Waals surface area contributed by atoms with Crippen molar-refractivity contribution in [3.63, 3.8) is 0 Å². The molecule has 0 atom stereocenters. The Kier molecular flexibility index (Phi) is 2.73. The smallest absolute Gasteiger partial charge is 0.303 e. The van der Waals surface area contributed by atoms with Gasteiger partial charge in [0.25, 0.3) is 0 Å². The first-order valence-electron chi connectivity index (χ1n) is 4.51.